The Kier molecular flexibility index (Phi) is 5.39. The Morgan fingerprint density at radius 2 is 1.78 bits per heavy atom. The Labute approximate surface area is 156 Å². The second kappa shape index (κ2) is 7.73. The van der Waals surface area contributed by atoms with Gasteiger partial charge < -0.3 is 4.90 Å². The smallest absolute Gasteiger partial charge is 0.249 e. The fraction of sp³-hybridized carbons (Fsp3) is 0.300. The molecule has 1 heterocycles. The van der Waals surface area contributed by atoms with Gasteiger partial charge in [0.2, 0.25) is 12.3 Å². The third-order valence-corrected chi connectivity index (χ3v) is 5.12. The summed E-state index contributed by atoms with van der Waals surface area (Å²) in [7, 11) is 0. The van der Waals surface area contributed by atoms with Crippen LogP contribution in [0.1, 0.15) is 24.0 Å². The first-order chi connectivity index (χ1) is 12.9. The molecule has 0 aromatic heterocycles. The van der Waals surface area contributed by atoms with Crippen LogP contribution in [0.25, 0.3) is 0 Å². The second-order valence-corrected chi connectivity index (χ2v) is 6.77. The third kappa shape index (κ3) is 3.92. The van der Waals surface area contributed by atoms with Crippen LogP contribution >= 0.6 is 0 Å². The van der Waals surface area contributed by atoms with E-state index in [0.29, 0.717) is 42.7 Å². The molecule has 2 N–H and O–H groups in total. The van der Waals surface area contributed by atoms with E-state index in [-0.39, 0.29) is 17.5 Å². The number of carbonyl (C=O) groups excluding carboxylic acids is 2. The molecule has 0 atom stereocenters. The number of nitrogens with one attached hydrogen (secondary N) is 2. The normalized spacial score (nSPS) is 15.9. The molecule has 2 aromatic carbocycles. The zero-order valence-corrected chi connectivity index (χ0v) is 15.0. The molecule has 2 aromatic rings. The maximum absolute atomic E-state index is 13.7. The predicted octanol–water partition coefficient (Wildman–Crippen LogP) is 2.91. The van der Waals surface area contributed by atoms with Gasteiger partial charge in [0.1, 0.15) is 11.6 Å². The number of aryl methyl sites for hydroxylation is 1. The number of hydrazine groups is 1. The van der Waals surface area contributed by atoms with Gasteiger partial charge in [-0.15, -0.1) is 0 Å². The van der Waals surface area contributed by atoms with Gasteiger partial charge in [-0.05, 0) is 55.2 Å². The van der Waals surface area contributed by atoms with Gasteiger partial charge >= 0.3 is 0 Å². The van der Waals surface area contributed by atoms with Crippen LogP contribution < -0.4 is 10.9 Å². The van der Waals surface area contributed by atoms with Crippen LogP contribution in [0.4, 0.5) is 14.5 Å². The summed E-state index contributed by atoms with van der Waals surface area (Å²) in [4.78, 5) is 25.7. The highest BCUT2D eigenvalue weighted by molar-refractivity contribution is 5.89. The van der Waals surface area contributed by atoms with E-state index in [4.69, 9.17) is 0 Å². The molecule has 0 saturated carbocycles. The molecule has 2 amide bonds. The first kappa shape index (κ1) is 18.8. The van der Waals surface area contributed by atoms with E-state index in [9.17, 15) is 18.4 Å². The van der Waals surface area contributed by atoms with Crippen LogP contribution in [-0.4, -0.2) is 30.3 Å². The number of nitrogens with zero attached hydrogens (tertiary/aromatic N) is 1. The summed E-state index contributed by atoms with van der Waals surface area (Å²) in [6.45, 7) is 2.50. The number of rotatable bonds is 5. The summed E-state index contributed by atoms with van der Waals surface area (Å²) in [6, 6.07) is 10.4. The van der Waals surface area contributed by atoms with Crippen LogP contribution in [0.15, 0.2) is 42.5 Å². The Morgan fingerprint density at radius 3 is 2.37 bits per heavy atom. The standard InChI is InChI=1S/C20H21F2N3O2/c1-14-2-7-17(12-18(14)22)23-24-19(27)20(8-10-25(13-26)11-9-20)15-3-5-16(21)6-4-15/h2-7,12-13,23H,8-11H2,1H3,(H,24,27). The van der Waals surface area contributed by atoms with Crippen molar-refractivity contribution in [1.29, 1.82) is 0 Å². The van der Waals surface area contributed by atoms with Crippen LogP contribution in [0.5, 0.6) is 0 Å². The van der Waals surface area contributed by atoms with Gasteiger partial charge in [-0.2, -0.15) is 0 Å². The topological polar surface area (TPSA) is 61.4 Å². The molecule has 1 aliphatic rings. The van der Waals surface area contributed by atoms with Gasteiger partial charge in [-0.1, -0.05) is 18.2 Å². The molecule has 0 bridgehead atoms. The molecule has 142 valence electrons. The molecule has 0 radical (unpaired) electrons. The summed E-state index contributed by atoms with van der Waals surface area (Å²) in [5, 5.41) is 0. The van der Waals surface area contributed by atoms with Gasteiger partial charge in [-0.3, -0.25) is 20.4 Å². The van der Waals surface area contributed by atoms with Gasteiger partial charge in [0, 0.05) is 13.1 Å². The number of carbonyl (C=O) groups is 2. The van der Waals surface area contributed by atoms with Crippen LogP contribution in [0.2, 0.25) is 0 Å². The lowest BCUT2D eigenvalue weighted by Crippen LogP contribution is -2.52. The highest BCUT2D eigenvalue weighted by atomic mass is 19.1. The van der Waals surface area contributed by atoms with Gasteiger partial charge in [0.05, 0.1) is 11.1 Å². The van der Waals surface area contributed by atoms with E-state index in [1.807, 2.05) is 0 Å². The van der Waals surface area contributed by atoms with E-state index in [0.717, 1.165) is 6.41 Å². The zero-order valence-electron chi connectivity index (χ0n) is 15.0. The van der Waals surface area contributed by atoms with Gasteiger partial charge in [-0.25, -0.2) is 8.78 Å². The molecule has 27 heavy (non-hydrogen) atoms. The van der Waals surface area contributed by atoms with Crippen molar-refractivity contribution in [3.05, 3.63) is 65.2 Å². The molecule has 1 aliphatic heterocycles. The van der Waals surface area contributed by atoms with Crippen LogP contribution in [0, 0.1) is 18.6 Å². The Balaban J connectivity index is 1.81. The molecule has 0 spiro atoms. The second-order valence-electron chi connectivity index (χ2n) is 6.77. The lowest BCUT2D eigenvalue weighted by molar-refractivity contribution is -0.130. The van der Waals surface area contributed by atoms with Crippen molar-refractivity contribution in [2.24, 2.45) is 0 Å². The highest BCUT2D eigenvalue weighted by Gasteiger charge is 2.42. The SMILES string of the molecule is Cc1ccc(NNC(=O)C2(c3ccc(F)cc3)CCN(C=O)CC2)cc1F. The number of halogens is 2. The first-order valence-corrected chi connectivity index (χ1v) is 8.72. The monoisotopic (exact) mass is 373 g/mol. The van der Waals surface area contributed by atoms with Gasteiger partial charge in [0.25, 0.3) is 0 Å². The summed E-state index contributed by atoms with van der Waals surface area (Å²) < 4.78 is 27.0. The minimum atomic E-state index is -0.899. The van der Waals surface area contributed by atoms with Crippen molar-refractivity contribution >= 4 is 18.0 Å². The lowest BCUT2D eigenvalue weighted by Gasteiger charge is -2.39. The average molecular weight is 373 g/mol. The van der Waals surface area contributed by atoms with E-state index < -0.39 is 5.41 Å². The zero-order chi connectivity index (χ0) is 19.4. The van der Waals surface area contributed by atoms with E-state index in [2.05, 4.69) is 10.9 Å². The molecule has 7 heteroatoms. The maximum atomic E-state index is 13.7. The van der Waals surface area contributed by atoms with Crippen LogP contribution in [-0.2, 0) is 15.0 Å². The number of likely N-dealkylation sites (tertiary alicyclic amines) is 1. The first-order valence-electron chi connectivity index (χ1n) is 8.72. The van der Waals surface area contributed by atoms with E-state index in [1.165, 1.54) is 18.2 Å². The van der Waals surface area contributed by atoms with Crippen LogP contribution in [0.3, 0.4) is 0 Å². The molecule has 1 saturated heterocycles. The molecule has 5 nitrogen and oxygen atoms in total. The average Bonchev–Trinajstić information content (AvgIpc) is 2.69. The largest absolute Gasteiger partial charge is 0.345 e. The molecular formula is C20H21F2N3O2. The quantitative estimate of drug-likeness (QED) is 0.626. The summed E-state index contributed by atoms with van der Waals surface area (Å²) in [5.74, 6) is -1.06. The predicted molar refractivity (Wildman–Crippen MR) is 97.9 cm³/mol. The van der Waals surface area contributed by atoms with Crippen molar-refractivity contribution < 1.29 is 18.4 Å². The number of hydrogen-bond donors (Lipinski definition) is 2. The summed E-state index contributed by atoms with van der Waals surface area (Å²) in [5.41, 5.74) is 6.11. The van der Waals surface area contributed by atoms with E-state index in [1.54, 1.807) is 36.1 Å². The molecular weight excluding hydrogens is 352 g/mol. The number of anilines is 1. The minimum Gasteiger partial charge on any atom is -0.345 e. The fourth-order valence-corrected chi connectivity index (χ4v) is 3.35. The molecule has 3 rings (SSSR count). The number of benzene rings is 2. The summed E-state index contributed by atoms with van der Waals surface area (Å²) >= 11 is 0. The van der Waals surface area contributed by atoms with Crippen molar-refractivity contribution in [2.45, 2.75) is 25.2 Å². The van der Waals surface area contributed by atoms with Crippen molar-refractivity contribution in [3.63, 3.8) is 0 Å². The molecule has 0 aliphatic carbocycles. The van der Waals surface area contributed by atoms with Crippen molar-refractivity contribution in [1.82, 2.24) is 10.3 Å². The lowest BCUT2D eigenvalue weighted by atomic mass is 9.72. The Morgan fingerprint density at radius 1 is 1.11 bits per heavy atom. The number of hydrogen-bond acceptors (Lipinski definition) is 3. The van der Waals surface area contributed by atoms with E-state index >= 15 is 0 Å². The van der Waals surface area contributed by atoms with Gasteiger partial charge in [0.15, 0.2) is 0 Å². The minimum absolute atomic E-state index is 0.305. The third-order valence-electron chi connectivity index (χ3n) is 5.12. The highest BCUT2D eigenvalue weighted by Crippen LogP contribution is 2.35. The van der Waals surface area contributed by atoms with Crippen molar-refractivity contribution in [2.75, 3.05) is 18.5 Å². The fourth-order valence-electron chi connectivity index (χ4n) is 3.35. The molecule has 0 unspecified atom stereocenters. The molecule has 1 fully saturated rings. The number of amides is 2. The number of piperidine rings is 1. The maximum Gasteiger partial charge on any atom is 0.249 e. The Hall–Kier alpha value is -2.96. The Bertz CT molecular complexity index is 832. The summed E-state index contributed by atoms with van der Waals surface area (Å²) in [6.07, 6.45) is 1.58. The van der Waals surface area contributed by atoms with Crippen molar-refractivity contribution in [3.8, 4) is 0 Å².